The van der Waals surface area contributed by atoms with Crippen molar-refractivity contribution in [2.45, 2.75) is 24.6 Å². The van der Waals surface area contributed by atoms with Crippen molar-refractivity contribution in [3.05, 3.63) is 29.8 Å². The molecule has 3 N–H and O–H groups in total. The molecule has 0 aliphatic heterocycles. The molecular weight excluding hydrogens is 254 g/mol. The van der Waals surface area contributed by atoms with Crippen LogP contribution in [0.15, 0.2) is 24.3 Å². The Hall–Kier alpha value is -1.69. The number of para-hydroxylation sites is 1. The van der Waals surface area contributed by atoms with Crippen molar-refractivity contribution >= 4 is 24.5 Å². The minimum Gasteiger partial charge on any atom is -0.507 e. The molecule has 1 unspecified atom stereocenters. The van der Waals surface area contributed by atoms with Crippen LogP contribution in [0.2, 0.25) is 0 Å². The summed E-state index contributed by atoms with van der Waals surface area (Å²) in [7, 11) is 0. The summed E-state index contributed by atoms with van der Waals surface area (Å²) in [5.74, 6) is -2.03. The molecule has 1 atom stereocenters. The van der Waals surface area contributed by atoms with Gasteiger partial charge in [0.15, 0.2) is 0 Å². The second-order valence-electron chi connectivity index (χ2n) is 4.42. The van der Waals surface area contributed by atoms with Crippen LogP contribution in [-0.4, -0.2) is 32.9 Å². The van der Waals surface area contributed by atoms with Gasteiger partial charge in [-0.15, -0.1) is 0 Å². The number of aliphatic carboxylic acids is 1. The molecule has 0 radical (unpaired) electrons. The number of hydrogen-bond acceptors (Lipinski definition) is 4. The van der Waals surface area contributed by atoms with Gasteiger partial charge in [-0.1, -0.05) is 12.1 Å². The Morgan fingerprint density at radius 3 is 2.33 bits per heavy atom. The highest BCUT2D eigenvalue weighted by atomic mass is 32.1. The fourth-order valence-corrected chi connectivity index (χ4v) is 1.59. The number of nitrogens with one attached hydrogen (secondary N) is 1. The first-order chi connectivity index (χ1) is 8.23. The average molecular weight is 269 g/mol. The van der Waals surface area contributed by atoms with Crippen molar-refractivity contribution in [3.63, 3.8) is 0 Å². The molecule has 1 aromatic carbocycles. The van der Waals surface area contributed by atoms with Crippen LogP contribution in [0.4, 0.5) is 0 Å². The number of carbonyl (C=O) groups is 2. The van der Waals surface area contributed by atoms with E-state index in [0.717, 1.165) is 0 Å². The Labute approximate surface area is 110 Å². The molecule has 5 nitrogen and oxygen atoms in total. The number of carboxylic acid groups (broad SMARTS) is 1. The maximum atomic E-state index is 11.9. The van der Waals surface area contributed by atoms with Gasteiger partial charge in [0.1, 0.15) is 11.8 Å². The number of phenolic OH excluding ortho intramolecular Hbond substituents is 1. The summed E-state index contributed by atoms with van der Waals surface area (Å²) >= 11 is 4.14. The predicted molar refractivity (Wildman–Crippen MR) is 70.1 cm³/mol. The van der Waals surface area contributed by atoms with Crippen LogP contribution in [0.1, 0.15) is 24.2 Å². The van der Waals surface area contributed by atoms with E-state index in [1.165, 1.54) is 12.1 Å². The van der Waals surface area contributed by atoms with Gasteiger partial charge in [0.05, 0.1) is 5.56 Å². The van der Waals surface area contributed by atoms with E-state index in [-0.39, 0.29) is 11.3 Å². The first-order valence-corrected chi connectivity index (χ1v) is 5.72. The smallest absolute Gasteiger partial charge is 0.327 e. The minimum atomic E-state index is -1.18. The molecule has 18 heavy (non-hydrogen) atoms. The highest BCUT2D eigenvalue weighted by Gasteiger charge is 2.34. The van der Waals surface area contributed by atoms with Crippen LogP contribution in [0.3, 0.4) is 0 Å². The lowest BCUT2D eigenvalue weighted by Crippen LogP contribution is -2.51. The van der Waals surface area contributed by atoms with Gasteiger partial charge in [-0.2, -0.15) is 12.6 Å². The molecular formula is C12H15NO4S. The number of carboxylic acids is 1. The topological polar surface area (TPSA) is 86.6 Å². The van der Waals surface area contributed by atoms with Gasteiger partial charge in [0.2, 0.25) is 0 Å². The molecule has 1 amide bonds. The predicted octanol–water partition coefficient (Wildman–Crippen LogP) is 1.28. The number of aromatic hydroxyl groups is 1. The van der Waals surface area contributed by atoms with Crippen LogP contribution in [0.5, 0.6) is 5.75 Å². The second-order valence-corrected chi connectivity index (χ2v) is 5.57. The summed E-state index contributed by atoms with van der Waals surface area (Å²) in [6, 6.07) is 4.76. The maximum absolute atomic E-state index is 11.9. The molecule has 0 aliphatic rings. The highest BCUT2D eigenvalue weighted by Crippen LogP contribution is 2.20. The van der Waals surface area contributed by atoms with Gasteiger partial charge in [0, 0.05) is 4.75 Å². The van der Waals surface area contributed by atoms with Gasteiger partial charge in [0.25, 0.3) is 5.91 Å². The number of hydrogen-bond donors (Lipinski definition) is 4. The van der Waals surface area contributed by atoms with E-state index in [1.54, 1.807) is 26.0 Å². The molecule has 0 fully saturated rings. The molecule has 0 aromatic heterocycles. The average Bonchev–Trinajstić information content (AvgIpc) is 2.24. The molecule has 98 valence electrons. The zero-order valence-corrected chi connectivity index (χ0v) is 10.9. The third-order valence-electron chi connectivity index (χ3n) is 2.38. The number of thiol groups is 1. The van der Waals surface area contributed by atoms with Gasteiger partial charge >= 0.3 is 5.97 Å². The lowest BCUT2D eigenvalue weighted by Gasteiger charge is -2.26. The van der Waals surface area contributed by atoms with Crippen molar-refractivity contribution in [3.8, 4) is 5.75 Å². The third-order valence-corrected chi connectivity index (χ3v) is 2.64. The molecule has 0 heterocycles. The van der Waals surface area contributed by atoms with E-state index >= 15 is 0 Å². The van der Waals surface area contributed by atoms with E-state index < -0.39 is 22.7 Å². The summed E-state index contributed by atoms with van der Waals surface area (Å²) in [6.07, 6.45) is 0. The van der Waals surface area contributed by atoms with Crippen LogP contribution in [0.25, 0.3) is 0 Å². The van der Waals surface area contributed by atoms with Crippen molar-refractivity contribution in [2.24, 2.45) is 0 Å². The molecule has 1 aromatic rings. The number of carbonyl (C=O) groups excluding carboxylic acids is 1. The van der Waals surface area contributed by atoms with Crippen LogP contribution < -0.4 is 5.32 Å². The van der Waals surface area contributed by atoms with Crippen molar-refractivity contribution in [2.75, 3.05) is 0 Å². The van der Waals surface area contributed by atoms with E-state index in [2.05, 4.69) is 17.9 Å². The van der Waals surface area contributed by atoms with Crippen LogP contribution in [-0.2, 0) is 4.79 Å². The minimum absolute atomic E-state index is 0.0290. The Balaban J connectivity index is 2.93. The quantitative estimate of drug-likeness (QED) is 0.620. The zero-order valence-electron chi connectivity index (χ0n) is 10.0. The fraction of sp³-hybridized carbons (Fsp3) is 0.333. The number of amides is 1. The molecule has 0 saturated heterocycles. The SMILES string of the molecule is CC(C)(S)C(NC(=O)c1ccccc1O)C(=O)O. The van der Waals surface area contributed by atoms with E-state index in [9.17, 15) is 14.7 Å². The van der Waals surface area contributed by atoms with Crippen molar-refractivity contribution < 1.29 is 19.8 Å². The standard InChI is InChI=1S/C12H15NO4S/c1-12(2,18)9(11(16)17)13-10(15)7-5-3-4-6-8(7)14/h3-6,9,14,18H,1-2H3,(H,13,15)(H,16,17). The molecule has 0 aliphatic carbocycles. The van der Waals surface area contributed by atoms with Crippen LogP contribution >= 0.6 is 12.6 Å². The summed E-state index contributed by atoms with van der Waals surface area (Å²) < 4.78 is -0.925. The summed E-state index contributed by atoms with van der Waals surface area (Å²) in [5, 5.41) is 20.9. The lowest BCUT2D eigenvalue weighted by atomic mass is 10.0. The van der Waals surface area contributed by atoms with Crippen molar-refractivity contribution in [1.82, 2.24) is 5.32 Å². The Morgan fingerprint density at radius 2 is 1.89 bits per heavy atom. The van der Waals surface area contributed by atoms with E-state index in [1.807, 2.05) is 0 Å². The van der Waals surface area contributed by atoms with Gasteiger partial charge in [-0.05, 0) is 26.0 Å². The summed E-state index contributed by atoms with van der Waals surface area (Å²) in [6.45, 7) is 3.17. The normalized spacial score (nSPS) is 12.8. The van der Waals surface area contributed by atoms with Gasteiger partial charge < -0.3 is 15.5 Å². The number of phenols is 1. The third kappa shape index (κ3) is 3.40. The molecule has 0 bridgehead atoms. The largest absolute Gasteiger partial charge is 0.507 e. The number of rotatable bonds is 4. The van der Waals surface area contributed by atoms with Gasteiger partial charge in [-0.3, -0.25) is 4.79 Å². The molecule has 0 saturated carbocycles. The summed E-state index contributed by atoms with van der Waals surface area (Å²) in [4.78, 5) is 22.9. The van der Waals surface area contributed by atoms with Crippen LogP contribution in [0, 0.1) is 0 Å². The molecule has 0 spiro atoms. The maximum Gasteiger partial charge on any atom is 0.327 e. The van der Waals surface area contributed by atoms with Crippen molar-refractivity contribution in [1.29, 1.82) is 0 Å². The first-order valence-electron chi connectivity index (χ1n) is 5.27. The van der Waals surface area contributed by atoms with E-state index in [0.29, 0.717) is 0 Å². The second kappa shape index (κ2) is 5.30. The lowest BCUT2D eigenvalue weighted by molar-refractivity contribution is -0.139. The summed E-state index contributed by atoms with van der Waals surface area (Å²) in [5.41, 5.74) is 0.0290. The Morgan fingerprint density at radius 1 is 1.33 bits per heavy atom. The van der Waals surface area contributed by atoms with E-state index in [4.69, 9.17) is 5.11 Å². The first kappa shape index (κ1) is 14.4. The monoisotopic (exact) mass is 269 g/mol. The Bertz CT molecular complexity index is 467. The Kier molecular flexibility index (Phi) is 4.24. The number of benzene rings is 1. The molecule has 6 heteroatoms. The highest BCUT2D eigenvalue weighted by molar-refractivity contribution is 7.81. The fourth-order valence-electron chi connectivity index (χ4n) is 1.42. The van der Waals surface area contributed by atoms with Gasteiger partial charge in [-0.25, -0.2) is 4.79 Å². The zero-order chi connectivity index (χ0) is 13.9. The molecule has 1 rings (SSSR count).